The van der Waals surface area contributed by atoms with Crippen LogP contribution in [0.1, 0.15) is 51.9 Å². The normalized spacial score (nSPS) is 13.9. The predicted molar refractivity (Wildman–Crippen MR) is 97.1 cm³/mol. The van der Waals surface area contributed by atoms with Gasteiger partial charge in [0.1, 0.15) is 5.75 Å². The molecular weight excluding hydrogens is 322 g/mol. The minimum absolute atomic E-state index is 0.0823. The lowest BCUT2D eigenvalue weighted by Gasteiger charge is -2.11. The fourth-order valence-electron chi connectivity index (χ4n) is 3.05. The number of amides is 1. The van der Waals surface area contributed by atoms with Crippen molar-refractivity contribution >= 4 is 22.9 Å². The minimum Gasteiger partial charge on any atom is -0.494 e. The van der Waals surface area contributed by atoms with Gasteiger partial charge in [0.2, 0.25) is 0 Å². The van der Waals surface area contributed by atoms with E-state index in [9.17, 15) is 9.90 Å². The van der Waals surface area contributed by atoms with Crippen molar-refractivity contribution in [1.82, 2.24) is 0 Å². The molecule has 0 radical (unpaired) electrons. The molecule has 0 atom stereocenters. The van der Waals surface area contributed by atoms with E-state index in [2.05, 4.69) is 5.32 Å². The quantitative estimate of drug-likeness (QED) is 0.800. The Morgan fingerprint density at radius 2 is 2.08 bits per heavy atom. The molecule has 0 spiro atoms. The van der Waals surface area contributed by atoms with Crippen LogP contribution in [0.3, 0.4) is 0 Å². The Hall–Kier alpha value is -1.85. The van der Waals surface area contributed by atoms with E-state index in [1.54, 1.807) is 29.5 Å². The summed E-state index contributed by atoms with van der Waals surface area (Å²) in [7, 11) is 0. The van der Waals surface area contributed by atoms with Crippen LogP contribution in [-0.2, 0) is 19.4 Å². The van der Waals surface area contributed by atoms with Crippen LogP contribution in [0.25, 0.3) is 0 Å². The van der Waals surface area contributed by atoms with Crippen LogP contribution >= 0.6 is 11.3 Å². The van der Waals surface area contributed by atoms with Gasteiger partial charge in [-0.05, 0) is 62.4 Å². The molecule has 0 aliphatic heterocycles. The summed E-state index contributed by atoms with van der Waals surface area (Å²) in [6.45, 7) is 2.32. The van der Waals surface area contributed by atoms with E-state index in [4.69, 9.17) is 4.74 Å². The molecule has 0 bridgehead atoms. The highest BCUT2D eigenvalue weighted by Crippen LogP contribution is 2.30. The number of aliphatic hydroxyl groups is 1. The molecule has 1 aliphatic rings. The molecule has 1 aliphatic carbocycles. The van der Waals surface area contributed by atoms with Gasteiger partial charge in [0.05, 0.1) is 18.1 Å². The number of thiophene rings is 1. The van der Waals surface area contributed by atoms with Crippen molar-refractivity contribution in [2.45, 2.75) is 45.6 Å². The second-order valence-electron chi connectivity index (χ2n) is 5.99. The van der Waals surface area contributed by atoms with Gasteiger partial charge in [0.15, 0.2) is 0 Å². The lowest BCUT2D eigenvalue weighted by Crippen LogP contribution is -2.10. The molecule has 3 rings (SSSR count). The van der Waals surface area contributed by atoms with E-state index in [1.807, 2.05) is 13.0 Å². The number of benzene rings is 1. The third kappa shape index (κ3) is 3.79. The first-order valence-corrected chi connectivity index (χ1v) is 9.32. The number of aryl methyl sites for hydroxylation is 2. The second kappa shape index (κ2) is 7.81. The Kier molecular flexibility index (Phi) is 5.53. The van der Waals surface area contributed by atoms with Crippen LogP contribution < -0.4 is 10.1 Å². The first-order chi connectivity index (χ1) is 11.7. The topological polar surface area (TPSA) is 58.6 Å². The lowest BCUT2D eigenvalue weighted by molar-refractivity contribution is 0.103. The maximum absolute atomic E-state index is 12.5. The summed E-state index contributed by atoms with van der Waals surface area (Å²) in [5.74, 6) is 0.571. The number of anilines is 1. The summed E-state index contributed by atoms with van der Waals surface area (Å²) >= 11 is 1.61. The number of aliphatic hydroxyl groups excluding tert-OH is 1. The van der Waals surface area contributed by atoms with Crippen molar-refractivity contribution in [3.63, 3.8) is 0 Å². The smallest absolute Gasteiger partial charge is 0.265 e. The Morgan fingerprint density at radius 3 is 2.88 bits per heavy atom. The Labute approximate surface area is 146 Å². The molecule has 0 unspecified atom stereocenters. The largest absolute Gasteiger partial charge is 0.494 e. The van der Waals surface area contributed by atoms with Gasteiger partial charge in [-0.15, -0.1) is 11.3 Å². The summed E-state index contributed by atoms with van der Waals surface area (Å²) in [5.41, 5.74) is 2.69. The van der Waals surface area contributed by atoms with E-state index in [0.717, 1.165) is 17.7 Å². The molecular formula is C19H23NO3S. The summed E-state index contributed by atoms with van der Waals surface area (Å²) in [6.07, 6.45) is 5.87. The van der Waals surface area contributed by atoms with Crippen LogP contribution in [0.2, 0.25) is 0 Å². The zero-order chi connectivity index (χ0) is 16.9. The van der Waals surface area contributed by atoms with Gasteiger partial charge in [0, 0.05) is 16.1 Å². The molecule has 2 N–H and O–H groups in total. The van der Waals surface area contributed by atoms with E-state index in [-0.39, 0.29) is 12.5 Å². The molecule has 4 nitrogen and oxygen atoms in total. The number of carbonyl (C=O) groups excluding carboxylic acids is 1. The van der Waals surface area contributed by atoms with Crippen LogP contribution in [0.15, 0.2) is 24.3 Å². The van der Waals surface area contributed by atoms with Crippen molar-refractivity contribution in [3.8, 4) is 5.75 Å². The first kappa shape index (κ1) is 17.0. The molecule has 1 heterocycles. The zero-order valence-electron chi connectivity index (χ0n) is 13.9. The average Bonchev–Trinajstić information content (AvgIpc) is 2.87. The van der Waals surface area contributed by atoms with E-state index >= 15 is 0 Å². The van der Waals surface area contributed by atoms with Gasteiger partial charge in [-0.25, -0.2) is 0 Å². The number of ether oxygens (including phenoxy) is 1. The number of rotatable bonds is 5. The van der Waals surface area contributed by atoms with Crippen LogP contribution in [0, 0.1) is 0 Å². The average molecular weight is 345 g/mol. The highest BCUT2D eigenvalue weighted by atomic mass is 32.1. The van der Waals surface area contributed by atoms with Gasteiger partial charge in [-0.1, -0.05) is 6.42 Å². The molecule has 1 aromatic carbocycles. The molecule has 5 heteroatoms. The monoisotopic (exact) mass is 345 g/mol. The van der Waals surface area contributed by atoms with Crippen molar-refractivity contribution in [1.29, 1.82) is 0 Å². The fourth-order valence-corrected chi connectivity index (χ4v) is 4.20. The summed E-state index contributed by atoms with van der Waals surface area (Å²) in [5, 5.41) is 12.4. The maximum Gasteiger partial charge on any atom is 0.265 e. The van der Waals surface area contributed by atoms with Crippen LogP contribution in [-0.4, -0.2) is 17.6 Å². The van der Waals surface area contributed by atoms with E-state index in [1.165, 1.54) is 29.7 Å². The molecule has 2 aromatic rings. The maximum atomic E-state index is 12.5. The minimum atomic E-state index is -0.119. The van der Waals surface area contributed by atoms with Gasteiger partial charge >= 0.3 is 0 Å². The van der Waals surface area contributed by atoms with Crippen molar-refractivity contribution in [2.24, 2.45) is 0 Å². The van der Waals surface area contributed by atoms with Crippen LogP contribution in [0.5, 0.6) is 5.75 Å². The van der Waals surface area contributed by atoms with Gasteiger partial charge in [-0.2, -0.15) is 0 Å². The third-order valence-electron chi connectivity index (χ3n) is 4.26. The Bertz CT molecular complexity index is 700. The number of hydrogen-bond donors (Lipinski definition) is 2. The molecule has 0 fully saturated rings. The van der Waals surface area contributed by atoms with Gasteiger partial charge < -0.3 is 15.2 Å². The van der Waals surface area contributed by atoms with Gasteiger partial charge in [-0.3, -0.25) is 4.79 Å². The van der Waals surface area contributed by atoms with Crippen LogP contribution in [0.4, 0.5) is 5.69 Å². The highest BCUT2D eigenvalue weighted by Gasteiger charge is 2.17. The number of fused-ring (bicyclic) bond motifs is 1. The molecule has 1 aromatic heterocycles. The first-order valence-electron chi connectivity index (χ1n) is 8.50. The van der Waals surface area contributed by atoms with E-state index < -0.39 is 0 Å². The molecule has 0 saturated carbocycles. The summed E-state index contributed by atoms with van der Waals surface area (Å²) in [4.78, 5) is 14.7. The fraction of sp³-hybridized carbons (Fsp3) is 0.421. The standard InChI is InChI=1S/C19H23NO3S/c1-2-23-16-9-8-15(10-14(16)12-21)20-19(22)18-11-13-6-4-3-5-7-17(13)24-18/h8-11,21H,2-7,12H2,1H3,(H,20,22). The zero-order valence-corrected chi connectivity index (χ0v) is 14.7. The van der Waals surface area contributed by atoms with Gasteiger partial charge in [0.25, 0.3) is 5.91 Å². The molecule has 0 saturated heterocycles. The number of nitrogens with one attached hydrogen (secondary N) is 1. The highest BCUT2D eigenvalue weighted by molar-refractivity contribution is 7.14. The van der Waals surface area contributed by atoms with E-state index in [0.29, 0.717) is 23.6 Å². The molecule has 1 amide bonds. The molecule has 24 heavy (non-hydrogen) atoms. The van der Waals surface area contributed by atoms with Crippen molar-refractivity contribution in [3.05, 3.63) is 45.1 Å². The summed E-state index contributed by atoms with van der Waals surface area (Å²) < 4.78 is 5.47. The SMILES string of the molecule is CCOc1ccc(NC(=O)c2cc3c(s2)CCCCC3)cc1CO. The number of carbonyl (C=O) groups is 1. The summed E-state index contributed by atoms with van der Waals surface area (Å²) in [6, 6.07) is 7.40. The predicted octanol–water partition coefficient (Wildman–Crippen LogP) is 4.16. The Balaban J connectivity index is 1.75. The molecule has 128 valence electrons. The number of hydrogen-bond acceptors (Lipinski definition) is 4. The van der Waals surface area contributed by atoms with Crippen molar-refractivity contribution < 1.29 is 14.6 Å². The Morgan fingerprint density at radius 1 is 1.25 bits per heavy atom. The lowest BCUT2D eigenvalue weighted by atomic mass is 10.1. The second-order valence-corrected chi connectivity index (χ2v) is 7.12. The third-order valence-corrected chi connectivity index (χ3v) is 5.49. The van der Waals surface area contributed by atoms with Crippen molar-refractivity contribution in [2.75, 3.05) is 11.9 Å².